The molecule has 0 aliphatic carbocycles. The van der Waals surface area contributed by atoms with Crippen molar-refractivity contribution < 1.29 is 9.63 Å². The van der Waals surface area contributed by atoms with Gasteiger partial charge in [-0.25, -0.2) is 0 Å². The quantitative estimate of drug-likeness (QED) is 0.552. The fourth-order valence-corrected chi connectivity index (χ4v) is 2.95. The van der Waals surface area contributed by atoms with Gasteiger partial charge in [-0.05, 0) is 34.1 Å². The first-order valence-electron chi connectivity index (χ1n) is 5.31. The number of halogens is 1. The van der Waals surface area contributed by atoms with Gasteiger partial charge in [-0.15, -0.1) is 11.3 Å². The summed E-state index contributed by atoms with van der Waals surface area (Å²) < 4.78 is 6.13. The van der Waals surface area contributed by atoms with Crippen molar-refractivity contribution in [2.24, 2.45) is 0 Å². The van der Waals surface area contributed by atoms with Gasteiger partial charge in [0.25, 0.3) is 5.89 Å². The summed E-state index contributed by atoms with van der Waals surface area (Å²) >= 11 is 4.87. The Bertz CT molecular complexity index is 738. The van der Waals surface area contributed by atoms with Crippen molar-refractivity contribution in [3.05, 3.63) is 34.1 Å². The van der Waals surface area contributed by atoms with Gasteiger partial charge < -0.3 is 15.4 Å². The van der Waals surface area contributed by atoms with Crippen LogP contribution in [0, 0.1) is 0 Å². The molecule has 0 saturated carbocycles. The summed E-state index contributed by atoms with van der Waals surface area (Å²) in [5.74, 6) is 0.668. The summed E-state index contributed by atoms with van der Waals surface area (Å²) in [4.78, 5) is 5.14. The van der Waals surface area contributed by atoms with Crippen LogP contribution in [0.3, 0.4) is 0 Å². The Labute approximate surface area is 120 Å². The van der Waals surface area contributed by atoms with Crippen LogP contribution in [0.1, 0.15) is 0 Å². The van der Waals surface area contributed by atoms with Crippen molar-refractivity contribution in [3.63, 3.8) is 0 Å². The largest absolute Gasteiger partial charge is 0.505 e. The molecule has 0 amide bonds. The molecular weight excluding hydrogens is 330 g/mol. The Morgan fingerprint density at radius 3 is 2.95 bits per heavy atom. The zero-order valence-electron chi connectivity index (χ0n) is 9.50. The molecule has 2 aromatic heterocycles. The Kier molecular flexibility index (Phi) is 3.00. The number of nitrogen functional groups attached to an aromatic ring is 1. The number of phenols is 1. The Morgan fingerprint density at radius 1 is 1.37 bits per heavy atom. The SMILES string of the molecule is Nc1cccc(-c2nc(-c3cc(Br)cs3)no2)c1O. The average molecular weight is 338 g/mol. The average Bonchev–Trinajstić information content (AvgIpc) is 3.01. The summed E-state index contributed by atoms with van der Waals surface area (Å²) in [6.07, 6.45) is 0. The van der Waals surface area contributed by atoms with Crippen molar-refractivity contribution in [1.82, 2.24) is 10.1 Å². The molecule has 0 bridgehead atoms. The number of nitrogens with two attached hydrogens (primary N) is 1. The van der Waals surface area contributed by atoms with Crippen LogP contribution in [0.5, 0.6) is 5.75 Å². The number of hydrogen-bond acceptors (Lipinski definition) is 6. The highest BCUT2D eigenvalue weighted by Gasteiger charge is 2.16. The van der Waals surface area contributed by atoms with Crippen LogP contribution < -0.4 is 5.73 Å². The highest BCUT2D eigenvalue weighted by atomic mass is 79.9. The number of aromatic nitrogens is 2. The molecule has 0 unspecified atom stereocenters. The van der Waals surface area contributed by atoms with Crippen molar-refractivity contribution in [1.29, 1.82) is 0 Å². The molecule has 0 fully saturated rings. The Morgan fingerprint density at radius 2 is 2.21 bits per heavy atom. The first-order valence-corrected chi connectivity index (χ1v) is 6.98. The third-order valence-corrected chi connectivity index (χ3v) is 4.20. The molecule has 1 aromatic carbocycles. The lowest BCUT2D eigenvalue weighted by atomic mass is 10.2. The molecule has 0 spiro atoms. The van der Waals surface area contributed by atoms with Gasteiger partial charge in [-0.1, -0.05) is 11.2 Å². The van der Waals surface area contributed by atoms with Crippen LogP contribution in [-0.4, -0.2) is 15.2 Å². The number of para-hydroxylation sites is 1. The molecule has 0 atom stereocenters. The number of hydrogen-bond donors (Lipinski definition) is 2. The molecule has 96 valence electrons. The van der Waals surface area contributed by atoms with E-state index in [2.05, 4.69) is 26.1 Å². The third kappa shape index (κ3) is 2.22. The fourth-order valence-electron chi connectivity index (χ4n) is 1.60. The van der Waals surface area contributed by atoms with Crippen molar-refractivity contribution >= 4 is 33.0 Å². The molecule has 3 rings (SSSR count). The normalized spacial score (nSPS) is 10.8. The zero-order valence-corrected chi connectivity index (χ0v) is 11.9. The maximum atomic E-state index is 9.88. The van der Waals surface area contributed by atoms with E-state index in [0.717, 1.165) is 9.35 Å². The summed E-state index contributed by atoms with van der Waals surface area (Å²) in [5.41, 5.74) is 6.33. The Hall–Kier alpha value is -1.86. The lowest BCUT2D eigenvalue weighted by Crippen LogP contribution is -1.87. The van der Waals surface area contributed by atoms with E-state index in [1.807, 2.05) is 11.4 Å². The number of thiophene rings is 1. The van der Waals surface area contributed by atoms with E-state index in [1.165, 1.54) is 11.3 Å². The standard InChI is InChI=1S/C12H8BrN3O2S/c13-6-4-9(19-5-6)11-15-12(18-16-11)7-2-1-3-8(14)10(7)17/h1-5,17H,14H2. The molecule has 5 nitrogen and oxygen atoms in total. The van der Waals surface area contributed by atoms with Crippen LogP contribution in [0.15, 0.2) is 38.6 Å². The maximum Gasteiger partial charge on any atom is 0.262 e. The molecule has 0 aliphatic heterocycles. The maximum absolute atomic E-state index is 9.88. The number of nitrogens with zero attached hydrogens (tertiary/aromatic N) is 2. The highest BCUT2D eigenvalue weighted by Crippen LogP contribution is 2.34. The number of aromatic hydroxyl groups is 1. The molecule has 3 aromatic rings. The summed E-state index contributed by atoms with van der Waals surface area (Å²) in [6.45, 7) is 0. The van der Waals surface area contributed by atoms with Gasteiger partial charge >= 0.3 is 0 Å². The number of benzene rings is 1. The second kappa shape index (κ2) is 4.67. The van der Waals surface area contributed by atoms with E-state index in [9.17, 15) is 5.11 Å². The number of phenolic OH excluding ortho intramolecular Hbond substituents is 1. The third-order valence-electron chi connectivity index (χ3n) is 2.51. The highest BCUT2D eigenvalue weighted by molar-refractivity contribution is 9.10. The topological polar surface area (TPSA) is 85.2 Å². The second-order valence-electron chi connectivity index (χ2n) is 3.80. The zero-order chi connectivity index (χ0) is 13.4. The van der Waals surface area contributed by atoms with Crippen molar-refractivity contribution in [2.75, 3.05) is 5.73 Å². The molecule has 0 saturated heterocycles. The van der Waals surface area contributed by atoms with Gasteiger partial charge in [-0.2, -0.15) is 4.98 Å². The minimum absolute atomic E-state index is 0.0509. The summed E-state index contributed by atoms with van der Waals surface area (Å²) in [6, 6.07) is 6.90. The van der Waals surface area contributed by atoms with Crippen LogP contribution in [0.25, 0.3) is 22.2 Å². The van der Waals surface area contributed by atoms with Gasteiger partial charge in [0.2, 0.25) is 5.82 Å². The first kappa shape index (κ1) is 12.2. The van der Waals surface area contributed by atoms with Crippen molar-refractivity contribution in [3.8, 4) is 27.9 Å². The smallest absolute Gasteiger partial charge is 0.262 e. The van der Waals surface area contributed by atoms with Crippen LogP contribution in [0.4, 0.5) is 5.69 Å². The lowest BCUT2D eigenvalue weighted by Gasteiger charge is -2.01. The molecule has 0 radical (unpaired) electrons. The van der Waals surface area contributed by atoms with Gasteiger partial charge in [0.05, 0.1) is 16.1 Å². The monoisotopic (exact) mass is 337 g/mol. The Balaban J connectivity index is 2.04. The molecule has 2 heterocycles. The van der Waals surface area contributed by atoms with Gasteiger partial charge in [0.1, 0.15) is 0 Å². The van der Waals surface area contributed by atoms with E-state index in [-0.39, 0.29) is 17.3 Å². The molecule has 3 N–H and O–H groups in total. The van der Waals surface area contributed by atoms with Gasteiger partial charge in [0.15, 0.2) is 5.75 Å². The number of rotatable bonds is 2. The predicted octanol–water partition coefficient (Wildman–Crippen LogP) is 3.52. The summed E-state index contributed by atoms with van der Waals surface area (Å²) in [7, 11) is 0. The van der Waals surface area contributed by atoms with Crippen molar-refractivity contribution in [2.45, 2.75) is 0 Å². The van der Waals surface area contributed by atoms with Gasteiger partial charge in [0, 0.05) is 9.85 Å². The minimum Gasteiger partial charge on any atom is -0.505 e. The van der Waals surface area contributed by atoms with E-state index >= 15 is 0 Å². The van der Waals surface area contributed by atoms with E-state index < -0.39 is 0 Å². The fraction of sp³-hybridized carbons (Fsp3) is 0. The second-order valence-corrected chi connectivity index (χ2v) is 5.62. The van der Waals surface area contributed by atoms with Gasteiger partial charge in [-0.3, -0.25) is 0 Å². The van der Waals surface area contributed by atoms with Crippen LogP contribution in [-0.2, 0) is 0 Å². The molecule has 7 heteroatoms. The van der Waals surface area contributed by atoms with E-state index in [0.29, 0.717) is 11.4 Å². The van der Waals surface area contributed by atoms with Crippen LogP contribution >= 0.6 is 27.3 Å². The number of anilines is 1. The summed E-state index contributed by atoms with van der Waals surface area (Å²) in [5, 5.41) is 15.7. The predicted molar refractivity (Wildman–Crippen MR) is 76.8 cm³/mol. The minimum atomic E-state index is -0.0509. The van der Waals surface area contributed by atoms with E-state index in [1.54, 1.807) is 18.2 Å². The first-order chi connectivity index (χ1) is 9.15. The van der Waals surface area contributed by atoms with E-state index in [4.69, 9.17) is 10.3 Å². The lowest BCUT2D eigenvalue weighted by molar-refractivity contribution is 0.426. The van der Waals surface area contributed by atoms with Crippen LogP contribution in [0.2, 0.25) is 0 Å². The molecule has 19 heavy (non-hydrogen) atoms. The molecule has 0 aliphatic rings. The molecular formula is C12H8BrN3O2S.